The number of H-pyrrole nitrogens is 1. The van der Waals surface area contributed by atoms with Crippen LogP contribution in [0.2, 0.25) is 5.02 Å². The summed E-state index contributed by atoms with van der Waals surface area (Å²) in [6, 6.07) is 20.0. The highest BCUT2D eigenvalue weighted by Gasteiger charge is 2.23. The van der Waals surface area contributed by atoms with Crippen molar-refractivity contribution in [2.24, 2.45) is 0 Å². The molecule has 4 aromatic carbocycles. The van der Waals surface area contributed by atoms with Crippen LogP contribution < -0.4 is 10.1 Å². The van der Waals surface area contributed by atoms with Gasteiger partial charge in [0.1, 0.15) is 41.7 Å². The van der Waals surface area contributed by atoms with Crippen LogP contribution in [0.15, 0.2) is 78.9 Å². The predicted octanol–water partition coefficient (Wildman–Crippen LogP) is 8.99. The third kappa shape index (κ3) is 7.78. The quantitative estimate of drug-likeness (QED) is 0.106. The first-order valence-electron chi connectivity index (χ1n) is 17.0. The second-order valence-electron chi connectivity index (χ2n) is 12.7. The number of hydrogen-bond donors (Lipinski definition) is 2. The number of rotatable bonds is 10. The van der Waals surface area contributed by atoms with E-state index in [1.807, 2.05) is 29.8 Å². The van der Waals surface area contributed by atoms with Crippen LogP contribution in [-0.4, -0.2) is 50.8 Å². The summed E-state index contributed by atoms with van der Waals surface area (Å²) in [6.45, 7) is 2.99. The minimum atomic E-state index is -0.628. The molecule has 0 radical (unpaired) electrons. The zero-order valence-corrected chi connectivity index (χ0v) is 29.9. The van der Waals surface area contributed by atoms with E-state index in [2.05, 4.69) is 20.5 Å². The van der Waals surface area contributed by atoms with Crippen molar-refractivity contribution in [2.45, 2.75) is 39.0 Å². The van der Waals surface area contributed by atoms with E-state index in [0.29, 0.717) is 35.2 Å². The number of ether oxygens (including phenoxy) is 2. The van der Waals surface area contributed by atoms with E-state index < -0.39 is 23.3 Å². The number of benzene rings is 4. The summed E-state index contributed by atoms with van der Waals surface area (Å²) < 4.78 is 71.4. The molecule has 8 rings (SSSR count). The highest BCUT2D eigenvalue weighted by Crippen LogP contribution is 2.30. The van der Waals surface area contributed by atoms with Crippen molar-refractivity contribution in [3.63, 3.8) is 0 Å². The first-order valence-corrected chi connectivity index (χ1v) is 17.4. The molecule has 3 aromatic heterocycles. The van der Waals surface area contributed by atoms with Crippen molar-refractivity contribution >= 4 is 45.5 Å². The molecule has 276 valence electrons. The van der Waals surface area contributed by atoms with Gasteiger partial charge in [0.05, 0.1) is 29.4 Å². The van der Waals surface area contributed by atoms with Gasteiger partial charge >= 0.3 is 0 Å². The number of aldehydes is 1. The fourth-order valence-corrected chi connectivity index (χ4v) is 6.28. The third-order valence-electron chi connectivity index (χ3n) is 9.13. The molecule has 0 saturated carbocycles. The highest BCUT2D eigenvalue weighted by molar-refractivity contribution is 6.30. The second-order valence-corrected chi connectivity index (χ2v) is 13.2. The Kier molecular flexibility index (Phi) is 10.6. The number of anilines is 1. The molecule has 1 aliphatic heterocycles. The molecule has 1 saturated heterocycles. The number of carbonyl (C=O) groups excluding carboxylic acids is 1. The average molecular weight is 757 g/mol. The second kappa shape index (κ2) is 15.7. The fourth-order valence-electron chi connectivity index (χ4n) is 6.12. The molecule has 7 aromatic rings. The Hall–Kier alpha value is -5.79. The van der Waals surface area contributed by atoms with Crippen LogP contribution >= 0.6 is 11.6 Å². The Balaban J connectivity index is 0.000000291. The van der Waals surface area contributed by atoms with Gasteiger partial charge in [-0.25, -0.2) is 27.5 Å². The van der Waals surface area contributed by atoms with Crippen molar-refractivity contribution in [1.82, 2.24) is 24.7 Å². The normalized spacial score (nSPS) is 13.7. The first-order chi connectivity index (χ1) is 26.1. The summed E-state index contributed by atoms with van der Waals surface area (Å²) in [5.41, 5.74) is 4.61. The summed E-state index contributed by atoms with van der Waals surface area (Å²) in [5.74, 6) is -1.41. The Morgan fingerprint density at radius 2 is 1.78 bits per heavy atom. The van der Waals surface area contributed by atoms with Crippen molar-refractivity contribution in [1.29, 1.82) is 0 Å². The van der Waals surface area contributed by atoms with Gasteiger partial charge in [-0.1, -0.05) is 23.7 Å². The summed E-state index contributed by atoms with van der Waals surface area (Å²) in [7, 11) is 1.83. The maximum atomic E-state index is 15.4. The standard InChI is InChI=1S/C31H26ClF3N4O2.C9H7FN2O/c1-36-21-7-8-29-28(14-21)37-30(39(29)16-22-9-10-40-22)12-19-11-26(35)23(15-25(19)34)27-3-2-4-31(38-27)41-17-18-5-6-20(32)13-24(18)33;1-5-7-2-6(4-13)3-8(10)9(7)12-11-5/h2-8,11,13-15,22,36H,9-10,12,16-17H2,1H3;2-4H,1H3,(H,11,12). The molecule has 1 fully saturated rings. The number of aryl methyl sites for hydroxylation is 1. The average Bonchev–Trinajstić information content (AvgIpc) is 3.69. The van der Waals surface area contributed by atoms with Crippen LogP contribution in [-0.2, 0) is 24.3 Å². The number of carbonyl (C=O) groups is 1. The summed E-state index contributed by atoms with van der Waals surface area (Å²) in [4.78, 5) is 19.5. The minimum absolute atomic E-state index is 0.00981. The molecule has 0 aliphatic carbocycles. The van der Waals surface area contributed by atoms with Gasteiger partial charge in [0.2, 0.25) is 5.88 Å². The predicted molar refractivity (Wildman–Crippen MR) is 198 cm³/mol. The molecule has 0 amide bonds. The Bertz CT molecular complexity index is 2500. The van der Waals surface area contributed by atoms with Gasteiger partial charge < -0.3 is 19.4 Å². The van der Waals surface area contributed by atoms with Crippen LogP contribution in [0.3, 0.4) is 0 Å². The van der Waals surface area contributed by atoms with E-state index in [9.17, 15) is 13.6 Å². The minimum Gasteiger partial charge on any atom is -0.473 e. The van der Waals surface area contributed by atoms with Crippen LogP contribution in [0.4, 0.5) is 23.2 Å². The summed E-state index contributed by atoms with van der Waals surface area (Å²) in [6.07, 6.45) is 1.73. The Morgan fingerprint density at radius 1 is 0.963 bits per heavy atom. The lowest BCUT2D eigenvalue weighted by molar-refractivity contribution is -0.0589. The number of imidazole rings is 1. The Morgan fingerprint density at radius 3 is 2.52 bits per heavy atom. The van der Waals surface area contributed by atoms with Gasteiger partial charge in [-0.05, 0) is 79.6 Å². The number of nitrogens with zero attached hydrogens (tertiary/aromatic N) is 4. The Labute approximate surface area is 311 Å². The number of aromatic nitrogens is 5. The monoisotopic (exact) mass is 756 g/mol. The van der Waals surface area contributed by atoms with E-state index in [4.69, 9.17) is 26.1 Å². The molecule has 0 bridgehead atoms. The van der Waals surface area contributed by atoms with Crippen LogP contribution in [0.25, 0.3) is 33.2 Å². The SMILES string of the molecule is CNc1ccc2c(c1)nc(Cc1cc(F)c(-c3cccc(OCc4ccc(Cl)cc4F)n3)cc1F)n2CC1CCO1.Cc1[nH]nc2c(F)cc(C=O)cc12. The largest absolute Gasteiger partial charge is 0.473 e. The zero-order chi connectivity index (χ0) is 37.9. The molecule has 54 heavy (non-hydrogen) atoms. The molecule has 0 spiro atoms. The van der Waals surface area contributed by atoms with Crippen LogP contribution in [0.5, 0.6) is 5.88 Å². The molecular weight excluding hydrogens is 724 g/mol. The summed E-state index contributed by atoms with van der Waals surface area (Å²) >= 11 is 5.80. The van der Waals surface area contributed by atoms with Crippen LogP contribution in [0, 0.1) is 30.2 Å². The lowest BCUT2D eigenvalue weighted by atomic mass is 10.0. The van der Waals surface area contributed by atoms with Gasteiger partial charge in [0, 0.05) is 64.6 Å². The zero-order valence-electron chi connectivity index (χ0n) is 29.1. The van der Waals surface area contributed by atoms with Gasteiger partial charge in [0.15, 0.2) is 5.82 Å². The smallest absolute Gasteiger partial charge is 0.214 e. The molecule has 1 atom stereocenters. The molecule has 1 aliphatic rings. The number of pyridine rings is 1. The number of aromatic amines is 1. The molecule has 14 heteroatoms. The fraction of sp³-hybridized carbons (Fsp3) is 0.200. The lowest BCUT2D eigenvalue weighted by Crippen LogP contribution is -2.31. The molecule has 4 heterocycles. The van der Waals surface area contributed by atoms with Crippen molar-refractivity contribution in [2.75, 3.05) is 19.0 Å². The maximum absolute atomic E-state index is 15.4. The topological polar surface area (TPSA) is 107 Å². The highest BCUT2D eigenvalue weighted by atomic mass is 35.5. The third-order valence-corrected chi connectivity index (χ3v) is 9.37. The van der Waals surface area contributed by atoms with Gasteiger partial charge in [-0.15, -0.1) is 0 Å². The van der Waals surface area contributed by atoms with E-state index in [0.717, 1.165) is 41.5 Å². The van der Waals surface area contributed by atoms with Crippen molar-refractivity contribution < 1.29 is 31.8 Å². The van der Waals surface area contributed by atoms with Crippen molar-refractivity contribution in [3.05, 3.63) is 135 Å². The van der Waals surface area contributed by atoms with E-state index in [-0.39, 0.29) is 52.4 Å². The number of nitrogens with one attached hydrogen (secondary N) is 2. The van der Waals surface area contributed by atoms with Gasteiger partial charge in [-0.3, -0.25) is 9.89 Å². The van der Waals surface area contributed by atoms with Gasteiger partial charge in [-0.2, -0.15) is 5.10 Å². The van der Waals surface area contributed by atoms with E-state index in [1.54, 1.807) is 37.3 Å². The van der Waals surface area contributed by atoms with E-state index >= 15 is 8.78 Å². The number of hydrogen-bond acceptors (Lipinski definition) is 7. The number of halogens is 5. The maximum Gasteiger partial charge on any atom is 0.214 e. The number of fused-ring (bicyclic) bond motifs is 2. The molecular formula is C40H33ClF4N6O3. The van der Waals surface area contributed by atoms with E-state index in [1.165, 1.54) is 24.3 Å². The lowest BCUT2D eigenvalue weighted by Gasteiger charge is -2.27. The van der Waals surface area contributed by atoms with Crippen molar-refractivity contribution in [3.8, 4) is 17.1 Å². The summed E-state index contributed by atoms with van der Waals surface area (Å²) in [5, 5.41) is 10.5. The first kappa shape index (κ1) is 36.6. The van der Waals surface area contributed by atoms with Gasteiger partial charge in [0.25, 0.3) is 0 Å². The molecule has 9 nitrogen and oxygen atoms in total. The van der Waals surface area contributed by atoms with Crippen LogP contribution in [0.1, 0.15) is 39.4 Å². The molecule has 1 unspecified atom stereocenters. The molecule has 2 N–H and O–H groups in total.